The third kappa shape index (κ3) is 2.44. The summed E-state index contributed by atoms with van der Waals surface area (Å²) < 4.78 is 1.21. The predicted octanol–water partition coefficient (Wildman–Crippen LogP) is 3.25. The molecule has 21 heavy (non-hydrogen) atoms. The Hall–Kier alpha value is -1.82. The van der Waals surface area contributed by atoms with E-state index in [0.29, 0.717) is 11.9 Å². The molecule has 4 rings (SSSR count). The smallest absolute Gasteiger partial charge is 0.126 e. The third-order valence-corrected chi connectivity index (χ3v) is 5.51. The molecule has 0 saturated heterocycles. The molecule has 1 unspecified atom stereocenters. The molecule has 0 aromatic carbocycles. The maximum Gasteiger partial charge on any atom is 0.126 e. The summed E-state index contributed by atoms with van der Waals surface area (Å²) in [6.45, 7) is 0. The van der Waals surface area contributed by atoms with E-state index in [0.717, 1.165) is 17.6 Å². The average Bonchev–Trinajstić information content (AvgIpc) is 3.19. The lowest BCUT2D eigenvalue weighted by Gasteiger charge is -2.14. The van der Waals surface area contributed by atoms with E-state index >= 15 is 0 Å². The molecule has 110 valence electrons. The van der Waals surface area contributed by atoms with E-state index in [1.54, 1.807) is 11.3 Å². The Labute approximate surface area is 127 Å². The number of anilines is 2. The molecule has 0 amide bonds. The van der Waals surface area contributed by atoms with Crippen molar-refractivity contribution in [3.8, 4) is 0 Å². The molecule has 1 atom stereocenters. The van der Waals surface area contributed by atoms with Crippen molar-refractivity contribution in [2.24, 2.45) is 5.10 Å². The molecule has 4 N–H and O–H groups in total. The lowest BCUT2D eigenvalue weighted by molar-refractivity contribution is 0.631. The van der Waals surface area contributed by atoms with Crippen LogP contribution in [0.25, 0.3) is 10.2 Å². The van der Waals surface area contributed by atoms with Gasteiger partial charge in [-0.1, -0.05) is 12.8 Å². The molecule has 1 saturated carbocycles. The van der Waals surface area contributed by atoms with Gasteiger partial charge in [-0.05, 0) is 18.9 Å². The Kier molecular flexibility index (Phi) is 3.18. The fraction of sp³-hybridized carbons (Fsp3) is 0.467. The highest BCUT2D eigenvalue weighted by Gasteiger charge is 2.20. The Morgan fingerprint density at radius 3 is 2.90 bits per heavy atom. The van der Waals surface area contributed by atoms with Crippen LogP contribution in [0.3, 0.4) is 0 Å². The van der Waals surface area contributed by atoms with Crippen LogP contribution in [0.1, 0.15) is 43.0 Å². The van der Waals surface area contributed by atoms with Gasteiger partial charge in [0.1, 0.15) is 5.82 Å². The summed E-state index contributed by atoms with van der Waals surface area (Å²) in [6.07, 6.45) is 8.00. The predicted molar refractivity (Wildman–Crippen MR) is 88.9 cm³/mol. The normalized spacial score (nSPS) is 22.0. The quantitative estimate of drug-likeness (QED) is 0.813. The number of thiophene rings is 1. The zero-order chi connectivity index (χ0) is 14.2. The third-order valence-electron chi connectivity index (χ3n) is 4.24. The van der Waals surface area contributed by atoms with Crippen molar-refractivity contribution in [2.45, 2.75) is 44.2 Å². The van der Waals surface area contributed by atoms with Crippen molar-refractivity contribution in [1.29, 1.82) is 0 Å². The number of fused-ring (bicyclic) bond motifs is 1. The summed E-state index contributed by atoms with van der Waals surface area (Å²) in [6, 6.07) is 4.97. The van der Waals surface area contributed by atoms with Crippen LogP contribution in [0.2, 0.25) is 0 Å². The fourth-order valence-electron chi connectivity index (χ4n) is 3.16. The molecule has 5 nitrogen and oxygen atoms in total. The van der Waals surface area contributed by atoms with E-state index in [4.69, 9.17) is 5.73 Å². The second-order valence-electron chi connectivity index (χ2n) is 5.81. The van der Waals surface area contributed by atoms with Gasteiger partial charge in [0.25, 0.3) is 0 Å². The second-order valence-corrected chi connectivity index (χ2v) is 6.90. The van der Waals surface area contributed by atoms with Crippen LogP contribution in [-0.4, -0.2) is 17.2 Å². The van der Waals surface area contributed by atoms with Crippen molar-refractivity contribution >= 4 is 39.3 Å². The minimum atomic E-state index is 0.282. The van der Waals surface area contributed by atoms with Crippen LogP contribution < -0.4 is 16.5 Å². The first-order valence-corrected chi connectivity index (χ1v) is 8.35. The molecule has 2 aromatic rings. The van der Waals surface area contributed by atoms with Gasteiger partial charge in [-0.3, -0.25) is 0 Å². The molecule has 1 fully saturated rings. The number of hydrazone groups is 1. The monoisotopic (exact) mass is 301 g/mol. The van der Waals surface area contributed by atoms with Gasteiger partial charge >= 0.3 is 0 Å². The Morgan fingerprint density at radius 1 is 1.29 bits per heavy atom. The van der Waals surface area contributed by atoms with Gasteiger partial charge in [-0.25, -0.2) is 4.98 Å². The van der Waals surface area contributed by atoms with Crippen molar-refractivity contribution in [2.75, 3.05) is 11.1 Å². The fourth-order valence-corrected chi connectivity index (χ4v) is 4.30. The molecule has 0 radical (unpaired) electrons. The number of nitrogens with one attached hydrogen (secondary N) is 2. The van der Waals surface area contributed by atoms with Gasteiger partial charge in [0, 0.05) is 29.6 Å². The van der Waals surface area contributed by atoms with Crippen LogP contribution in [0.5, 0.6) is 0 Å². The summed E-state index contributed by atoms with van der Waals surface area (Å²) >= 11 is 1.79. The highest BCUT2D eigenvalue weighted by Crippen LogP contribution is 2.37. The highest BCUT2D eigenvalue weighted by molar-refractivity contribution is 7.19. The molecule has 2 aliphatic rings. The Balaban J connectivity index is 1.70. The summed E-state index contributed by atoms with van der Waals surface area (Å²) in [5, 5.41) is 7.77. The topological polar surface area (TPSA) is 75.3 Å². The highest BCUT2D eigenvalue weighted by atomic mass is 32.1. The van der Waals surface area contributed by atoms with Gasteiger partial charge in [0.2, 0.25) is 0 Å². The van der Waals surface area contributed by atoms with Crippen molar-refractivity contribution in [3.63, 3.8) is 0 Å². The number of nitrogen functional groups attached to an aromatic ring is 1. The zero-order valence-electron chi connectivity index (χ0n) is 11.8. The number of nitrogens with two attached hydrogens (primary N) is 1. The number of hydrogen-bond acceptors (Lipinski definition) is 6. The summed E-state index contributed by atoms with van der Waals surface area (Å²) in [4.78, 5) is 5.76. The van der Waals surface area contributed by atoms with Crippen LogP contribution in [-0.2, 0) is 0 Å². The van der Waals surface area contributed by atoms with Crippen molar-refractivity contribution in [1.82, 2.24) is 10.4 Å². The summed E-state index contributed by atoms with van der Waals surface area (Å²) in [5.74, 6) is 0.586. The first kappa shape index (κ1) is 12.9. The molecular weight excluding hydrogens is 282 g/mol. The van der Waals surface area contributed by atoms with E-state index < -0.39 is 0 Å². The SMILES string of the molecule is Nc1cc(NC2CCCC2)c2sc(C3CC=NN3)cc2n1. The number of pyridine rings is 1. The lowest BCUT2D eigenvalue weighted by Crippen LogP contribution is -2.14. The minimum absolute atomic E-state index is 0.282. The van der Waals surface area contributed by atoms with Crippen LogP contribution in [0, 0.1) is 0 Å². The van der Waals surface area contributed by atoms with Crippen LogP contribution in [0.4, 0.5) is 11.5 Å². The molecule has 1 aliphatic carbocycles. The number of aromatic nitrogens is 1. The maximum absolute atomic E-state index is 5.97. The number of nitrogens with zero attached hydrogens (tertiary/aromatic N) is 2. The first-order valence-electron chi connectivity index (χ1n) is 7.53. The van der Waals surface area contributed by atoms with Gasteiger partial charge < -0.3 is 16.5 Å². The van der Waals surface area contributed by atoms with Crippen LogP contribution in [0.15, 0.2) is 17.2 Å². The molecule has 6 heteroatoms. The Bertz CT molecular complexity index is 679. The minimum Gasteiger partial charge on any atom is -0.384 e. The van der Waals surface area contributed by atoms with Gasteiger partial charge in [0.15, 0.2) is 0 Å². The molecule has 3 heterocycles. The van der Waals surface area contributed by atoms with E-state index in [9.17, 15) is 0 Å². The Morgan fingerprint density at radius 2 is 2.14 bits per heavy atom. The number of rotatable bonds is 3. The van der Waals surface area contributed by atoms with Crippen molar-refractivity contribution in [3.05, 3.63) is 17.0 Å². The maximum atomic E-state index is 5.97. The molecular formula is C15H19N5S. The van der Waals surface area contributed by atoms with Gasteiger partial charge in [-0.2, -0.15) is 5.10 Å². The van der Waals surface area contributed by atoms with Gasteiger partial charge in [-0.15, -0.1) is 11.3 Å². The zero-order valence-corrected chi connectivity index (χ0v) is 12.6. The van der Waals surface area contributed by atoms with Crippen LogP contribution >= 0.6 is 11.3 Å². The lowest BCUT2D eigenvalue weighted by atomic mass is 10.2. The number of hydrogen-bond donors (Lipinski definition) is 3. The summed E-state index contributed by atoms with van der Waals surface area (Å²) in [7, 11) is 0. The standard InChI is InChI=1S/C15H19N5S/c16-14-8-12(18-9-3-1-2-4-9)15-11(19-14)7-13(21-15)10-5-6-17-20-10/h6-10,20H,1-5H2,(H3,16,18,19). The van der Waals surface area contributed by atoms with E-state index in [-0.39, 0.29) is 6.04 Å². The molecule has 0 spiro atoms. The summed E-state index contributed by atoms with van der Waals surface area (Å²) in [5.41, 5.74) is 11.2. The second kappa shape index (κ2) is 5.18. The molecule has 1 aliphatic heterocycles. The molecule has 2 aromatic heterocycles. The van der Waals surface area contributed by atoms with Crippen molar-refractivity contribution < 1.29 is 0 Å². The van der Waals surface area contributed by atoms with Gasteiger partial charge in [0.05, 0.1) is 21.9 Å². The first-order chi connectivity index (χ1) is 10.3. The van der Waals surface area contributed by atoms with E-state index in [1.165, 1.54) is 35.3 Å². The van der Waals surface area contributed by atoms with E-state index in [1.807, 2.05) is 12.3 Å². The average molecular weight is 301 g/mol. The largest absolute Gasteiger partial charge is 0.384 e. The molecule has 0 bridgehead atoms. The van der Waals surface area contributed by atoms with E-state index in [2.05, 4.69) is 26.9 Å².